The van der Waals surface area contributed by atoms with E-state index in [9.17, 15) is 4.79 Å². The summed E-state index contributed by atoms with van der Waals surface area (Å²) in [5.41, 5.74) is 2.45. The van der Waals surface area contributed by atoms with Crippen LogP contribution in [0, 0.1) is 0 Å². The lowest BCUT2D eigenvalue weighted by atomic mass is 9.98. The number of carbonyl (C=O) groups is 1. The van der Waals surface area contributed by atoms with Crippen molar-refractivity contribution in [2.75, 3.05) is 13.1 Å². The first-order valence-electron chi connectivity index (χ1n) is 9.41. The molecular formula is C22H23ClN2O2. The highest BCUT2D eigenvalue weighted by atomic mass is 35.5. The van der Waals surface area contributed by atoms with E-state index in [4.69, 9.17) is 16.3 Å². The molecule has 0 saturated carbocycles. The Morgan fingerprint density at radius 3 is 3.00 bits per heavy atom. The van der Waals surface area contributed by atoms with Crippen molar-refractivity contribution < 1.29 is 9.53 Å². The van der Waals surface area contributed by atoms with Crippen molar-refractivity contribution in [1.29, 1.82) is 0 Å². The summed E-state index contributed by atoms with van der Waals surface area (Å²) in [6.45, 7) is 1.42. The SMILES string of the molecule is O=C(N1C=COC(CC2=CC=CCC2)=C1)N1CCC(c2ccccc2Cl)C1. The number of hydrogen-bond acceptors (Lipinski definition) is 2. The lowest BCUT2D eigenvalue weighted by Crippen LogP contribution is -2.37. The number of allylic oxidation sites excluding steroid dienone is 4. The highest BCUT2D eigenvalue weighted by Crippen LogP contribution is 2.33. The van der Waals surface area contributed by atoms with Crippen LogP contribution in [0.4, 0.5) is 4.79 Å². The first kappa shape index (κ1) is 17.9. The summed E-state index contributed by atoms with van der Waals surface area (Å²) < 4.78 is 5.62. The maximum atomic E-state index is 12.9. The van der Waals surface area contributed by atoms with Crippen molar-refractivity contribution in [3.63, 3.8) is 0 Å². The largest absolute Gasteiger partial charge is 0.466 e. The Morgan fingerprint density at radius 1 is 1.30 bits per heavy atom. The molecule has 0 bridgehead atoms. The molecule has 1 fully saturated rings. The summed E-state index contributed by atoms with van der Waals surface area (Å²) in [6, 6.07) is 7.89. The molecule has 2 heterocycles. The van der Waals surface area contributed by atoms with Crippen molar-refractivity contribution in [2.24, 2.45) is 0 Å². The molecule has 4 rings (SSSR count). The fourth-order valence-corrected chi connectivity index (χ4v) is 4.09. The zero-order valence-corrected chi connectivity index (χ0v) is 15.9. The van der Waals surface area contributed by atoms with Crippen LogP contribution in [0.15, 0.2) is 72.5 Å². The van der Waals surface area contributed by atoms with Gasteiger partial charge in [-0.2, -0.15) is 0 Å². The minimum atomic E-state index is -0.0147. The summed E-state index contributed by atoms with van der Waals surface area (Å²) in [6.07, 6.45) is 15.2. The van der Waals surface area contributed by atoms with E-state index in [0.29, 0.717) is 6.54 Å². The van der Waals surface area contributed by atoms with Crippen LogP contribution in [0.1, 0.15) is 37.2 Å². The van der Waals surface area contributed by atoms with Crippen LogP contribution < -0.4 is 0 Å². The van der Waals surface area contributed by atoms with Gasteiger partial charge in [0.15, 0.2) is 0 Å². The molecule has 2 amide bonds. The van der Waals surface area contributed by atoms with Crippen LogP contribution >= 0.6 is 11.6 Å². The maximum absolute atomic E-state index is 12.9. The zero-order valence-electron chi connectivity index (χ0n) is 15.2. The van der Waals surface area contributed by atoms with Crippen LogP contribution in [0.25, 0.3) is 0 Å². The van der Waals surface area contributed by atoms with Gasteiger partial charge in [-0.3, -0.25) is 4.90 Å². The molecule has 1 aromatic rings. The predicted molar refractivity (Wildman–Crippen MR) is 107 cm³/mol. The maximum Gasteiger partial charge on any atom is 0.328 e. The fourth-order valence-electron chi connectivity index (χ4n) is 3.80. The van der Waals surface area contributed by atoms with Crippen molar-refractivity contribution in [2.45, 2.75) is 31.6 Å². The molecule has 5 heteroatoms. The Morgan fingerprint density at radius 2 is 2.19 bits per heavy atom. The lowest BCUT2D eigenvalue weighted by Gasteiger charge is -2.26. The molecule has 1 atom stereocenters. The molecule has 1 aromatic carbocycles. The number of nitrogens with zero attached hydrogens (tertiary/aromatic N) is 2. The van der Waals surface area contributed by atoms with E-state index in [-0.39, 0.29) is 11.9 Å². The van der Waals surface area contributed by atoms with Crippen molar-refractivity contribution in [3.8, 4) is 0 Å². The number of carbonyl (C=O) groups excluding carboxylic acids is 1. The fraction of sp³-hybridized carbons (Fsp3) is 0.318. The number of hydrogen-bond donors (Lipinski definition) is 0. The van der Waals surface area contributed by atoms with Crippen LogP contribution in [-0.2, 0) is 4.74 Å². The van der Waals surface area contributed by atoms with Gasteiger partial charge in [0, 0.05) is 36.7 Å². The van der Waals surface area contributed by atoms with E-state index in [2.05, 4.69) is 24.3 Å². The van der Waals surface area contributed by atoms with Gasteiger partial charge in [0.2, 0.25) is 0 Å². The molecule has 0 N–H and O–H groups in total. The van der Waals surface area contributed by atoms with E-state index >= 15 is 0 Å². The highest BCUT2D eigenvalue weighted by Gasteiger charge is 2.30. The first-order chi connectivity index (χ1) is 13.2. The second kappa shape index (κ2) is 8.05. The molecule has 4 nitrogen and oxygen atoms in total. The smallest absolute Gasteiger partial charge is 0.328 e. The molecule has 0 spiro atoms. The number of ether oxygens (including phenoxy) is 1. The minimum absolute atomic E-state index is 0.0147. The average molecular weight is 383 g/mol. The second-order valence-corrected chi connectivity index (χ2v) is 7.52. The van der Waals surface area contributed by atoms with Crippen molar-refractivity contribution >= 4 is 17.6 Å². The number of amides is 2. The van der Waals surface area contributed by atoms with Gasteiger partial charge in [0.05, 0.1) is 6.20 Å². The number of likely N-dealkylation sites (tertiary alicyclic amines) is 1. The molecule has 1 saturated heterocycles. The van der Waals surface area contributed by atoms with Crippen molar-refractivity contribution in [3.05, 3.63) is 83.1 Å². The molecule has 27 heavy (non-hydrogen) atoms. The topological polar surface area (TPSA) is 32.8 Å². The summed E-state index contributed by atoms with van der Waals surface area (Å²) in [4.78, 5) is 16.5. The molecule has 1 aliphatic carbocycles. The first-order valence-corrected chi connectivity index (χ1v) is 9.79. The van der Waals surface area contributed by atoms with Gasteiger partial charge in [-0.15, -0.1) is 0 Å². The summed E-state index contributed by atoms with van der Waals surface area (Å²) in [5.74, 6) is 1.09. The summed E-state index contributed by atoms with van der Waals surface area (Å²) in [7, 11) is 0. The molecule has 0 aromatic heterocycles. The van der Waals surface area contributed by atoms with E-state index in [1.807, 2.05) is 29.3 Å². The zero-order chi connectivity index (χ0) is 18.6. The number of benzene rings is 1. The molecular weight excluding hydrogens is 360 g/mol. The molecule has 2 aliphatic heterocycles. The van der Waals surface area contributed by atoms with Crippen LogP contribution in [-0.4, -0.2) is 28.9 Å². The van der Waals surface area contributed by atoms with Gasteiger partial charge in [-0.25, -0.2) is 4.79 Å². The van der Waals surface area contributed by atoms with E-state index < -0.39 is 0 Å². The van der Waals surface area contributed by atoms with Gasteiger partial charge in [0.1, 0.15) is 12.0 Å². The van der Waals surface area contributed by atoms with Crippen LogP contribution in [0.5, 0.6) is 0 Å². The minimum Gasteiger partial charge on any atom is -0.466 e. The Labute approximate surface area is 165 Å². The number of rotatable bonds is 3. The number of urea groups is 1. The third-order valence-electron chi connectivity index (χ3n) is 5.25. The van der Waals surface area contributed by atoms with E-state index in [0.717, 1.165) is 48.6 Å². The van der Waals surface area contributed by atoms with Gasteiger partial charge in [0.25, 0.3) is 0 Å². The van der Waals surface area contributed by atoms with Crippen LogP contribution in [0.3, 0.4) is 0 Å². The normalized spacial score (nSPS) is 21.7. The van der Waals surface area contributed by atoms with Gasteiger partial charge < -0.3 is 9.64 Å². The standard InChI is InChI=1S/C22H23ClN2O2/c23-21-9-5-4-8-20(21)18-10-11-24(15-18)22(26)25-12-13-27-19(16-25)14-17-6-2-1-3-7-17/h1-2,4-6,8-9,12-13,16,18H,3,7,10-11,14-15H2. The second-order valence-electron chi connectivity index (χ2n) is 7.11. The van der Waals surface area contributed by atoms with Gasteiger partial charge in [-0.05, 0) is 30.9 Å². The average Bonchev–Trinajstić information content (AvgIpc) is 3.19. The quantitative estimate of drug-likeness (QED) is 0.685. The summed E-state index contributed by atoms with van der Waals surface area (Å²) in [5, 5.41) is 0.778. The summed E-state index contributed by atoms with van der Waals surface area (Å²) >= 11 is 6.33. The Kier molecular flexibility index (Phi) is 5.35. The molecule has 1 unspecified atom stereocenters. The van der Waals surface area contributed by atoms with E-state index in [1.54, 1.807) is 17.4 Å². The van der Waals surface area contributed by atoms with Gasteiger partial charge >= 0.3 is 6.03 Å². The molecule has 140 valence electrons. The van der Waals surface area contributed by atoms with Gasteiger partial charge in [-0.1, -0.05) is 53.6 Å². The highest BCUT2D eigenvalue weighted by molar-refractivity contribution is 6.31. The van der Waals surface area contributed by atoms with E-state index in [1.165, 1.54) is 5.57 Å². The Bertz CT molecular complexity index is 840. The van der Waals surface area contributed by atoms with Crippen LogP contribution in [0.2, 0.25) is 5.02 Å². The predicted octanol–water partition coefficient (Wildman–Crippen LogP) is 5.56. The third kappa shape index (κ3) is 4.11. The Balaban J connectivity index is 1.41. The Hall–Kier alpha value is -2.46. The van der Waals surface area contributed by atoms with Crippen molar-refractivity contribution in [1.82, 2.24) is 9.80 Å². The lowest BCUT2D eigenvalue weighted by molar-refractivity contribution is 0.184. The number of halogens is 1. The monoisotopic (exact) mass is 382 g/mol. The third-order valence-corrected chi connectivity index (χ3v) is 5.59. The molecule has 3 aliphatic rings. The molecule has 0 radical (unpaired) electrons.